The molecule has 5 nitrogen and oxygen atoms in total. The first-order valence-corrected chi connectivity index (χ1v) is 7.71. The molecule has 0 aliphatic heterocycles. The minimum absolute atomic E-state index is 0.146. The van der Waals surface area contributed by atoms with E-state index in [1.165, 1.54) is 18.5 Å². The van der Waals surface area contributed by atoms with Gasteiger partial charge in [-0.25, -0.2) is 9.37 Å². The fraction of sp³-hybridized carbons (Fsp3) is 0.412. The van der Waals surface area contributed by atoms with Crippen LogP contribution in [0.25, 0.3) is 11.3 Å². The standard InChI is InChI=1S/C17H20FN3O2/c1-21(2)14-8-7-13(9-14)20-17(22)15-16(23-10-19-15)11-3-5-12(18)6-4-11/h3-6,10,13-14H,7-9H2,1-2H3,(H,20,22)/t13-,14-/m1/s1. The summed E-state index contributed by atoms with van der Waals surface area (Å²) in [5.41, 5.74) is 0.872. The average molecular weight is 317 g/mol. The summed E-state index contributed by atoms with van der Waals surface area (Å²) < 4.78 is 18.4. The second-order valence-electron chi connectivity index (χ2n) is 6.14. The van der Waals surface area contributed by atoms with E-state index in [4.69, 9.17) is 4.42 Å². The zero-order valence-electron chi connectivity index (χ0n) is 13.3. The molecule has 1 aliphatic rings. The van der Waals surface area contributed by atoms with Crippen LogP contribution in [0.4, 0.5) is 4.39 Å². The van der Waals surface area contributed by atoms with Crippen molar-refractivity contribution in [1.29, 1.82) is 0 Å². The van der Waals surface area contributed by atoms with Crippen molar-refractivity contribution < 1.29 is 13.6 Å². The van der Waals surface area contributed by atoms with Gasteiger partial charge < -0.3 is 14.6 Å². The summed E-state index contributed by atoms with van der Waals surface area (Å²) >= 11 is 0. The lowest BCUT2D eigenvalue weighted by atomic mass is 10.1. The number of nitrogens with one attached hydrogen (secondary N) is 1. The molecule has 1 saturated carbocycles. The molecule has 0 unspecified atom stereocenters. The monoisotopic (exact) mass is 317 g/mol. The first kappa shape index (κ1) is 15.7. The van der Waals surface area contributed by atoms with E-state index in [1.54, 1.807) is 12.1 Å². The minimum Gasteiger partial charge on any atom is -0.443 e. The Morgan fingerprint density at radius 1 is 1.30 bits per heavy atom. The number of hydrogen-bond acceptors (Lipinski definition) is 4. The highest BCUT2D eigenvalue weighted by molar-refractivity contribution is 5.97. The number of carbonyl (C=O) groups excluding carboxylic acids is 1. The van der Waals surface area contributed by atoms with E-state index in [-0.39, 0.29) is 23.5 Å². The highest BCUT2D eigenvalue weighted by atomic mass is 19.1. The van der Waals surface area contributed by atoms with Crippen molar-refractivity contribution in [3.8, 4) is 11.3 Å². The van der Waals surface area contributed by atoms with Crippen molar-refractivity contribution in [3.63, 3.8) is 0 Å². The number of oxazole rings is 1. The highest BCUT2D eigenvalue weighted by Crippen LogP contribution is 2.25. The Morgan fingerprint density at radius 3 is 2.70 bits per heavy atom. The first-order valence-electron chi connectivity index (χ1n) is 7.71. The van der Waals surface area contributed by atoms with E-state index in [2.05, 4.69) is 29.3 Å². The number of nitrogens with zero attached hydrogens (tertiary/aromatic N) is 2. The van der Waals surface area contributed by atoms with Crippen LogP contribution in [0.5, 0.6) is 0 Å². The van der Waals surface area contributed by atoms with Crippen LogP contribution in [0.2, 0.25) is 0 Å². The molecule has 6 heteroatoms. The fourth-order valence-corrected chi connectivity index (χ4v) is 3.03. The normalized spacial score (nSPS) is 20.9. The molecule has 1 N–H and O–H groups in total. The smallest absolute Gasteiger partial charge is 0.274 e. The first-order chi connectivity index (χ1) is 11.0. The van der Waals surface area contributed by atoms with Gasteiger partial charge in [-0.1, -0.05) is 0 Å². The molecule has 0 radical (unpaired) electrons. The maximum absolute atomic E-state index is 13.0. The van der Waals surface area contributed by atoms with Crippen LogP contribution in [0, 0.1) is 5.82 Å². The van der Waals surface area contributed by atoms with Crippen LogP contribution < -0.4 is 5.32 Å². The quantitative estimate of drug-likeness (QED) is 0.942. The molecule has 0 bridgehead atoms. The number of halogens is 1. The molecular weight excluding hydrogens is 297 g/mol. The van der Waals surface area contributed by atoms with Crippen molar-refractivity contribution in [2.24, 2.45) is 0 Å². The summed E-state index contributed by atoms with van der Waals surface area (Å²) in [6.45, 7) is 0. The summed E-state index contributed by atoms with van der Waals surface area (Å²) in [6.07, 6.45) is 4.20. The van der Waals surface area contributed by atoms with Crippen molar-refractivity contribution >= 4 is 5.91 Å². The molecule has 23 heavy (non-hydrogen) atoms. The Labute approximate surface area is 134 Å². The van der Waals surface area contributed by atoms with Gasteiger partial charge in [0.05, 0.1) is 0 Å². The predicted octanol–water partition coefficient (Wildman–Crippen LogP) is 2.69. The third-order valence-electron chi connectivity index (χ3n) is 4.36. The Bertz CT molecular complexity index is 681. The number of amides is 1. The molecule has 3 rings (SSSR count). The van der Waals surface area contributed by atoms with Crippen LogP contribution >= 0.6 is 0 Å². The summed E-state index contributed by atoms with van der Waals surface area (Å²) in [5.74, 6) is -0.216. The Kier molecular flexibility index (Phi) is 4.43. The van der Waals surface area contributed by atoms with E-state index >= 15 is 0 Å². The van der Waals surface area contributed by atoms with E-state index in [1.807, 2.05) is 0 Å². The summed E-state index contributed by atoms with van der Waals surface area (Å²) in [5, 5.41) is 3.03. The van der Waals surface area contributed by atoms with E-state index < -0.39 is 0 Å². The molecule has 2 atom stereocenters. The third-order valence-corrected chi connectivity index (χ3v) is 4.36. The van der Waals surface area contributed by atoms with Crippen LogP contribution in [0.1, 0.15) is 29.8 Å². The zero-order valence-corrected chi connectivity index (χ0v) is 13.3. The maximum Gasteiger partial charge on any atom is 0.274 e. The third kappa shape index (κ3) is 3.42. The molecule has 1 aromatic carbocycles. The van der Waals surface area contributed by atoms with Crippen molar-refractivity contribution in [1.82, 2.24) is 15.2 Å². The van der Waals surface area contributed by atoms with Crippen molar-refractivity contribution in [3.05, 3.63) is 42.2 Å². The molecule has 2 aromatic rings. The van der Waals surface area contributed by atoms with Gasteiger partial charge in [-0.05, 0) is 57.6 Å². The second kappa shape index (κ2) is 6.50. The number of hydrogen-bond donors (Lipinski definition) is 1. The van der Waals surface area contributed by atoms with Crippen LogP contribution in [0.3, 0.4) is 0 Å². The summed E-state index contributed by atoms with van der Waals surface area (Å²) in [6, 6.07) is 6.45. The summed E-state index contributed by atoms with van der Waals surface area (Å²) in [4.78, 5) is 18.7. The lowest BCUT2D eigenvalue weighted by molar-refractivity contribution is 0.0932. The molecular formula is C17H20FN3O2. The fourth-order valence-electron chi connectivity index (χ4n) is 3.03. The van der Waals surface area contributed by atoms with Crippen molar-refractivity contribution in [2.75, 3.05) is 14.1 Å². The van der Waals surface area contributed by atoms with Crippen LogP contribution in [-0.4, -0.2) is 42.0 Å². The lowest BCUT2D eigenvalue weighted by Crippen LogP contribution is -2.35. The molecule has 0 saturated heterocycles. The predicted molar refractivity (Wildman–Crippen MR) is 84.5 cm³/mol. The molecule has 1 aliphatic carbocycles. The summed E-state index contributed by atoms with van der Waals surface area (Å²) in [7, 11) is 4.11. The number of benzene rings is 1. The second-order valence-corrected chi connectivity index (χ2v) is 6.14. The van der Waals surface area contributed by atoms with Gasteiger partial charge in [0.15, 0.2) is 17.8 Å². The van der Waals surface area contributed by atoms with E-state index in [0.29, 0.717) is 17.4 Å². The molecule has 0 spiro atoms. The number of rotatable bonds is 4. The molecule has 1 fully saturated rings. The Balaban J connectivity index is 1.72. The topological polar surface area (TPSA) is 58.4 Å². The minimum atomic E-state index is -0.333. The SMILES string of the molecule is CN(C)[C@@H]1CC[C@@H](NC(=O)c2ncoc2-c2ccc(F)cc2)C1. The number of aromatic nitrogens is 1. The van der Waals surface area contributed by atoms with Gasteiger partial charge in [0.25, 0.3) is 5.91 Å². The average Bonchev–Trinajstić information content (AvgIpc) is 3.16. The molecule has 1 heterocycles. The maximum atomic E-state index is 13.0. The Morgan fingerprint density at radius 2 is 2.04 bits per heavy atom. The van der Waals surface area contributed by atoms with Gasteiger partial charge in [0.2, 0.25) is 0 Å². The highest BCUT2D eigenvalue weighted by Gasteiger charge is 2.29. The molecule has 122 valence electrons. The van der Waals surface area contributed by atoms with E-state index in [9.17, 15) is 9.18 Å². The zero-order chi connectivity index (χ0) is 16.4. The van der Waals surface area contributed by atoms with Crippen LogP contribution in [-0.2, 0) is 0 Å². The number of carbonyl (C=O) groups is 1. The van der Waals surface area contributed by atoms with Crippen LogP contribution in [0.15, 0.2) is 35.1 Å². The largest absolute Gasteiger partial charge is 0.443 e. The molecule has 1 amide bonds. The van der Waals surface area contributed by atoms with Gasteiger partial charge in [-0.2, -0.15) is 0 Å². The van der Waals surface area contributed by atoms with Gasteiger partial charge in [0, 0.05) is 17.6 Å². The van der Waals surface area contributed by atoms with Crippen molar-refractivity contribution in [2.45, 2.75) is 31.3 Å². The molecule has 1 aromatic heterocycles. The Hall–Kier alpha value is -2.21. The van der Waals surface area contributed by atoms with Gasteiger partial charge >= 0.3 is 0 Å². The van der Waals surface area contributed by atoms with Gasteiger partial charge in [-0.15, -0.1) is 0 Å². The van der Waals surface area contributed by atoms with Gasteiger partial charge in [0.1, 0.15) is 5.82 Å². The van der Waals surface area contributed by atoms with E-state index in [0.717, 1.165) is 19.3 Å². The van der Waals surface area contributed by atoms with Gasteiger partial charge in [-0.3, -0.25) is 4.79 Å². The lowest BCUT2D eigenvalue weighted by Gasteiger charge is -2.19.